The average Bonchev–Trinajstić information content (AvgIpc) is 2.74. The summed E-state index contributed by atoms with van der Waals surface area (Å²) in [6, 6.07) is 0. The first-order valence-electron chi connectivity index (χ1n) is 6.08. The average molecular weight is 270 g/mol. The van der Waals surface area contributed by atoms with Gasteiger partial charge in [0.2, 0.25) is 5.12 Å². The van der Waals surface area contributed by atoms with E-state index in [4.69, 9.17) is 4.74 Å². The maximum atomic E-state index is 12.0. The first-order chi connectivity index (χ1) is 8.09. The first-order valence-corrected chi connectivity index (χ1v) is 7.31. The number of hydrogen-bond donors (Lipinski definition) is 0. The van der Waals surface area contributed by atoms with Gasteiger partial charge in [-0.3, -0.25) is 9.59 Å². The number of ether oxygens (including phenoxy) is 1. The van der Waals surface area contributed by atoms with E-state index >= 15 is 0 Å². The molecule has 1 aliphatic carbocycles. The highest BCUT2D eigenvalue weighted by molar-refractivity contribution is 8.13. The molecule has 0 bridgehead atoms. The van der Waals surface area contributed by atoms with Gasteiger partial charge in [0.25, 0.3) is 0 Å². The van der Waals surface area contributed by atoms with E-state index in [0.29, 0.717) is 0 Å². The number of carbonyl (C=O) groups excluding carboxylic acids is 2. The molecule has 0 aromatic rings. The van der Waals surface area contributed by atoms with Crippen LogP contribution < -0.4 is 0 Å². The summed E-state index contributed by atoms with van der Waals surface area (Å²) < 4.78 is 5.40. The van der Waals surface area contributed by atoms with Crippen molar-refractivity contribution in [2.24, 2.45) is 17.3 Å². The van der Waals surface area contributed by atoms with Gasteiger partial charge in [-0.05, 0) is 44.4 Å². The Hall–Kier alpha value is -0.770. The van der Waals surface area contributed by atoms with Crippen molar-refractivity contribution in [2.45, 2.75) is 40.2 Å². The van der Waals surface area contributed by atoms with Gasteiger partial charge in [0, 0.05) is 0 Å². The fraction of sp³-hybridized carbons (Fsp3) is 0.714. The quantitative estimate of drug-likeness (QED) is 0.584. The normalized spacial score (nSPS) is 26.1. The molecule has 2 atom stereocenters. The van der Waals surface area contributed by atoms with Gasteiger partial charge in [-0.15, -0.1) is 0 Å². The molecule has 0 heterocycles. The molecule has 102 valence electrons. The lowest BCUT2D eigenvalue weighted by Gasteiger charge is -2.19. The highest BCUT2D eigenvalue weighted by Gasteiger charge is 2.61. The molecule has 0 unspecified atom stereocenters. The number of allylic oxidation sites excluding steroid dienone is 1. The largest absolute Gasteiger partial charge is 0.460 e. The predicted octanol–water partition coefficient (Wildman–Crippen LogP) is 3.05. The molecule has 1 fully saturated rings. The Morgan fingerprint density at radius 3 is 2.28 bits per heavy atom. The van der Waals surface area contributed by atoms with E-state index in [2.05, 4.69) is 0 Å². The topological polar surface area (TPSA) is 43.4 Å². The highest BCUT2D eigenvalue weighted by atomic mass is 32.2. The molecule has 0 aromatic heterocycles. The van der Waals surface area contributed by atoms with Crippen molar-refractivity contribution in [3.63, 3.8) is 0 Å². The Morgan fingerprint density at radius 2 is 1.83 bits per heavy atom. The van der Waals surface area contributed by atoms with Crippen LogP contribution in [0.3, 0.4) is 0 Å². The monoisotopic (exact) mass is 270 g/mol. The van der Waals surface area contributed by atoms with Crippen LogP contribution >= 0.6 is 11.8 Å². The van der Waals surface area contributed by atoms with E-state index in [1.54, 1.807) is 12.3 Å². The lowest BCUT2D eigenvalue weighted by molar-refractivity contribution is -0.157. The SMILES string of the molecule is CSC(=O)C=C[C@H]1[C@@H](C(=O)OC(C)(C)C)C1(C)C. The van der Waals surface area contributed by atoms with Crippen LogP contribution in [0, 0.1) is 17.3 Å². The minimum Gasteiger partial charge on any atom is -0.460 e. The second kappa shape index (κ2) is 5.08. The van der Waals surface area contributed by atoms with E-state index in [9.17, 15) is 9.59 Å². The standard InChI is InChI=1S/C14H22O3S/c1-13(2,3)17-12(16)11-9(14(11,4)5)7-8-10(15)18-6/h7-9,11H,1-6H3/t9-,11-/m0/s1. The molecule has 0 spiro atoms. The van der Waals surface area contributed by atoms with Crippen molar-refractivity contribution in [3.05, 3.63) is 12.2 Å². The van der Waals surface area contributed by atoms with E-state index in [1.165, 1.54) is 11.8 Å². The van der Waals surface area contributed by atoms with Crippen LogP contribution in [0.25, 0.3) is 0 Å². The highest BCUT2D eigenvalue weighted by Crippen LogP contribution is 2.59. The number of hydrogen-bond acceptors (Lipinski definition) is 4. The summed E-state index contributed by atoms with van der Waals surface area (Å²) in [5, 5.41) is 0.0145. The molecule has 1 saturated carbocycles. The maximum Gasteiger partial charge on any atom is 0.310 e. The van der Waals surface area contributed by atoms with Crippen molar-refractivity contribution in [1.82, 2.24) is 0 Å². The second-order valence-corrected chi connectivity index (χ2v) is 7.05. The van der Waals surface area contributed by atoms with E-state index < -0.39 is 5.60 Å². The van der Waals surface area contributed by atoms with Crippen LogP contribution in [-0.2, 0) is 14.3 Å². The molecule has 0 aromatic carbocycles. The van der Waals surface area contributed by atoms with Crippen molar-refractivity contribution in [2.75, 3.05) is 6.26 Å². The molecule has 0 amide bonds. The van der Waals surface area contributed by atoms with Gasteiger partial charge in [-0.25, -0.2) is 0 Å². The Kier molecular flexibility index (Phi) is 4.31. The third-order valence-corrected chi connectivity index (χ3v) is 3.75. The molecule has 0 saturated heterocycles. The Morgan fingerprint density at radius 1 is 1.28 bits per heavy atom. The van der Waals surface area contributed by atoms with E-state index in [1.807, 2.05) is 40.7 Å². The molecule has 3 nitrogen and oxygen atoms in total. The van der Waals surface area contributed by atoms with Crippen LogP contribution in [0.15, 0.2) is 12.2 Å². The van der Waals surface area contributed by atoms with Crippen molar-refractivity contribution in [1.29, 1.82) is 0 Å². The molecule has 1 rings (SSSR count). The number of rotatable bonds is 3. The lowest BCUT2D eigenvalue weighted by Crippen LogP contribution is -2.26. The van der Waals surface area contributed by atoms with Gasteiger partial charge in [0.15, 0.2) is 0 Å². The van der Waals surface area contributed by atoms with Crippen molar-refractivity contribution in [3.8, 4) is 0 Å². The summed E-state index contributed by atoms with van der Waals surface area (Å²) >= 11 is 1.17. The number of thioether (sulfide) groups is 1. The first kappa shape index (κ1) is 15.3. The van der Waals surface area contributed by atoms with Gasteiger partial charge in [-0.2, -0.15) is 0 Å². The third kappa shape index (κ3) is 3.61. The summed E-state index contributed by atoms with van der Waals surface area (Å²) in [6.45, 7) is 9.65. The maximum absolute atomic E-state index is 12.0. The van der Waals surface area contributed by atoms with Crippen LogP contribution in [0.4, 0.5) is 0 Å². The van der Waals surface area contributed by atoms with Gasteiger partial charge in [-0.1, -0.05) is 31.7 Å². The van der Waals surface area contributed by atoms with Gasteiger partial charge >= 0.3 is 5.97 Å². The Labute approximate surface area is 113 Å². The summed E-state index contributed by atoms with van der Waals surface area (Å²) in [5.74, 6) is -0.204. The Bertz CT molecular complexity index is 377. The third-order valence-electron chi connectivity index (χ3n) is 3.21. The lowest BCUT2D eigenvalue weighted by atomic mass is 10.1. The molecule has 4 heteroatoms. The summed E-state index contributed by atoms with van der Waals surface area (Å²) in [5.41, 5.74) is -0.573. The van der Waals surface area contributed by atoms with E-state index in [0.717, 1.165) is 0 Å². The summed E-state index contributed by atoms with van der Waals surface area (Å²) in [4.78, 5) is 23.2. The van der Waals surface area contributed by atoms with Gasteiger partial charge in [0.05, 0.1) is 5.92 Å². The minimum absolute atomic E-state index is 0.0145. The molecule has 1 aliphatic rings. The Balaban J connectivity index is 2.66. The summed E-state index contributed by atoms with van der Waals surface area (Å²) in [6.07, 6.45) is 5.14. The molecular weight excluding hydrogens is 248 g/mol. The van der Waals surface area contributed by atoms with Gasteiger partial charge < -0.3 is 4.74 Å². The fourth-order valence-electron chi connectivity index (χ4n) is 2.10. The zero-order valence-corrected chi connectivity index (χ0v) is 12.8. The molecule has 18 heavy (non-hydrogen) atoms. The van der Waals surface area contributed by atoms with Crippen molar-refractivity contribution >= 4 is 22.8 Å². The number of carbonyl (C=O) groups is 2. The molecule has 0 N–H and O–H groups in total. The summed E-state index contributed by atoms with van der Waals surface area (Å²) in [7, 11) is 0. The van der Waals surface area contributed by atoms with Crippen LogP contribution in [0.2, 0.25) is 0 Å². The van der Waals surface area contributed by atoms with Crippen LogP contribution in [0.1, 0.15) is 34.6 Å². The van der Waals surface area contributed by atoms with Gasteiger partial charge in [0.1, 0.15) is 5.60 Å². The minimum atomic E-state index is -0.459. The van der Waals surface area contributed by atoms with Crippen LogP contribution in [0.5, 0.6) is 0 Å². The molecular formula is C14H22O3S. The van der Waals surface area contributed by atoms with E-state index in [-0.39, 0.29) is 28.3 Å². The molecule has 0 radical (unpaired) electrons. The second-order valence-electron chi connectivity index (χ2n) is 6.24. The fourth-order valence-corrected chi connectivity index (χ4v) is 2.32. The predicted molar refractivity (Wildman–Crippen MR) is 74.3 cm³/mol. The molecule has 0 aliphatic heterocycles. The number of esters is 1. The van der Waals surface area contributed by atoms with Crippen molar-refractivity contribution < 1.29 is 14.3 Å². The smallest absolute Gasteiger partial charge is 0.310 e. The van der Waals surface area contributed by atoms with Crippen LogP contribution in [-0.4, -0.2) is 22.9 Å². The zero-order chi connectivity index (χ0) is 14.1. The zero-order valence-electron chi connectivity index (χ0n) is 11.9.